The predicted molar refractivity (Wildman–Crippen MR) is 225 cm³/mol. The fourth-order valence-electron chi connectivity index (χ4n) is 7.05. The molecule has 3 aliphatic rings. The maximum Gasteiger partial charge on any atom is 0.315 e. The number of unbranched alkanes of at least 4 members (excludes halogenated alkanes) is 1. The standard InChI is InChI=1S/C39H69N9O12S/c1-26(2)21-27(40-3)36(53)45-28(22-49)38(55)48-14-6-7-30(48)37(54)44-11-10-41-33(51)23-59-19-18-58-16-13-43-34(52)24-60-20-17-57-15-12-42-32(50)9-5-4-8-31-35-29(25-61-31)46-39(56)47-35/h26-31,35,40,49H,4-25H2,1-3H3,(H,41,51)(H,42,50)(H,43,52)(H,44,54)(H,45,53)(H2,46,47,56)/t27-,28-,29-,30-,31-,35-/m0/s1. The number of aliphatic hydroxyl groups is 1. The van der Waals surface area contributed by atoms with Gasteiger partial charge in [0.05, 0.1) is 64.4 Å². The number of ether oxygens (including phenoxy) is 4. The van der Waals surface area contributed by atoms with Crippen molar-refractivity contribution in [3.05, 3.63) is 0 Å². The van der Waals surface area contributed by atoms with Crippen LogP contribution in [0.2, 0.25) is 0 Å². The molecule has 61 heavy (non-hydrogen) atoms. The molecule has 6 atom stereocenters. The lowest BCUT2D eigenvalue weighted by Gasteiger charge is -2.29. The second kappa shape index (κ2) is 29.5. The van der Waals surface area contributed by atoms with E-state index in [1.54, 1.807) is 7.05 Å². The largest absolute Gasteiger partial charge is 0.394 e. The van der Waals surface area contributed by atoms with Crippen LogP contribution >= 0.6 is 11.8 Å². The van der Waals surface area contributed by atoms with E-state index in [9.17, 15) is 38.7 Å². The highest BCUT2D eigenvalue weighted by atomic mass is 32.2. The lowest BCUT2D eigenvalue weighted by molar-refractivity contribution is -0.142. The number of nitrogens with one attached hydrogen (secondary N) is 8. The van der Waals surface area contributed by atoms with E-state index < -0.39 is 36.5 Å². The minimum atomic E-state index is -1.17. The number of amides is 8. The lowest BCUT2D eigenvalue weighted by Crippen LogP contribution is -2.57. The van der Waals surface area contributed by atoms with Crippen LogP contribution in [-0.2, 0) is 47.7 Å². The number of rotatable bonds is 32. The van der Waals surface area contributed by atoms with E-state index in [0.717, 1.165) is 25.0 Å². The molecule has 0 aliphatic carbocycles. The molecule has 0 radical (unpaired) electrons. The van der Waals surface area contributed by atoms with Crippen LogP contribution < -0.4 is 42.5 Å². The summed E-state index contributed by atoms with van der Waals surface area (Å²) in [6, 6.07) is -2.13. The Bertz CT molecular complexity index is 1400. The molecule has 348 valence electrons. The smallest absolute Gasteiger partial charge is 0.315 e. The van der Waals surface area contributed by atoms with E-state index in [-0.39, 0.29) is 114 Å². The number of carbonyl (C=O) groups excluding carboxylic acids is 7. The Morgan fingerprint density at radius 2 is 1.43 bits per heavy atom. The highest BCUT2D eigenvalue weighted by Gasteiger charge is 2.42. The van der Waals surface area contributed by atoms with E-state index in [2.05, 4.69) is 42.5 Å². The molecule has 0 aromatic rings. The summed E-state index contributed by atoms with van der Waals surface area (Å²) in [5, 5.41) is 32.6. The first kappa shape index (κ1) is 51.5. The number of urea groups is 1. The molecule has 3 aliphatic heterocycles. The fourth-order valence-corrected chi connectivity index (χ4v) is 8.60. The molecule has 0 spiro atoms. The SMILES string of the molecule is CN[C@@H](CC(C)C)C(=O)N[C@@H](CO)C(=O)N1CCC[C@H]1C(=O)NCCNC(=O)COCCOCCNC(=O)COCCOCCNC(=O)CCCC[C@@H]1SC[C@@H]2NC(=O)N[C@@H]21. The third-order valence-corrected chi connectivity index (χ3v) is 11.7. The Morgan fingerprint density at radius 3 is 2.07 bits per heavy atom. The van der Waals surface area contributed by atoms with Gasteiger partial charge in [0.15, 0.2) is 0 Å². The van der Waals surface area contributed by atoms with Crippen LogP contribution in [0.4, 0.5) is 4.79 Å². The minimum Gasteiger partial charge on any atom is -0.394 e. The Balaban J connectivity index is 1.08. The molecule has 9 N–H and O–H groups in total. The maximum atomic E-state index is 13.2. The van der Waals surface area contributed by atoms with Gasteiger partial charge in [-0.15, -0.1) is 0 Å². The van der Waals surface area contributed by atoms with Crippen LogP contribution in [0.25, 0.3) is 0 Å². The predicted octanol–water partition coefficient (Wildman–Crippen LogP) is -2.65. The molecule has 0 saturated carbocycles. The fraction of sp³-hybridized carbons (Fsp3) is 0.821. The summed E-state index contributed by atoms with van der Waals surface area (Å²) in [6.07, 6.45) is 4.72. The average Bonchev–Trinajstić information content (AvgIpc) is 3.97. The summed E-state index contributed by atoms with van der Waals surface area (Å²) in [5.41, 5.74) is 0. The summed E-state index contributed by atoms with van der Waals surface area (Å²) in [4.78, 5) is 87.8. The summed E-state index contributed by atoms with van der Waals surface area (Å²) in [6.45, 7) is 5.70. The Hall–Kier alpha value is -3.80. The molecule has 3 saturated heterocycles. The van der Waals surface area contributed by atoms with Gasteiger partial charge < -0.3 is 71.5 Å². The van der Waals surface area contributed by atoms with Crippen LogP contribution in [0.3, 0.4) is 0 Å². The van der Waals surface area contributed by atoms with Crippen molar-refractivity contribution in [1.29, 1.82) is 0 Å². The van der Waals surface area contributed by atoms with Crippen molar-refractivity contribution in [3.8, 4) is 0 Å². The van der Waals surface area contributed by atoms with Gasteiger partial charge in [0, 0.05) is 50.1 Å². The van der Waals surface area contributed by atoms with Gasteiger partial charge in [0.2, 0.25) is 35.4 Å². The monoisotopic (exact) mass is 887 g/mol. The number of thioether (sulfide) groups is 1. The number of fused-ring (bicyclic) bond motifs is 1. The zero-order chi connectivity index (χ0) is 44.4. The molecule has 0 aromatic carbocycles. The van der Waals surface area contributed by atoms with Crippen LogP contribution in [0, 0.1) is 5.92 Å². The second-order valence-electron chi connectivity index (χ2n) is 15.4. The first-order chi connectivity index (χ1) is 29.4. The number of hydrogen-bond acceptors (Lipinski definition) is 14. The lowest BCUT2D eigenvalue weighted by atomic mass is 10.0. The van der Waals surface area contributed by atoms with Gasteiger partial charge in [0.1, 0.15) is 25.3 Å². The zero-order valence-corrected chi connectivity index (χ0v) is 36.7. The van der Waals surface area contributed by atoms with Gasteiger partial charge in [-0.1, -0.05) is 20.3 Å². The third-order valence-electron chi connectivity index (χ3n) is 10.2. The average molecular weight is 888 g/mol. The van der Waals surface area contributed by atoms with Crippen molar-refractivity contribution >= 4 is 53.2 Å². The highest BCUT2D eigenvalue weighted by Crippen LogP contribution is 2.33. The zero-order valence-electron chi connectivity index (χ0n) is 35.9. The molecule has 0 aromatic heterocycles. The Labute approximate surface area is 362 Å². The summed E-state index contributed by atoms with van der Waals surface area (Å²) in [7, 11) is 1.66. The van der Waals surface area contributed by atoms with Crippen LogP contribution in [-0.4, -0.2) is 192 Å². The molecule has 8 amide bonds. The number of hydrogen-bond donors (Lipinski definition) is 9. The molecule has 0 unspecified atom stereocenters. The molecule has 3 fully saturated rings. The third kappa shape index (κ3) is 19.8. The van der Waals surface area contributed by atoms with E-state index in [1.165, 1.54) is 4.90 Å². The number of aliphatic hydroxyl groups excluding tert-OH is 1. The maximum absolute atomic E-state index is 13.2. The van der Waals surface area contributed by atoms with E-state index >= 15 is 0 Å². The quantitative estimate of drug-likeness (QED) is 0.0247. The highest BCUT2D eigenvalue weighted by molar-refractivity contribution is 8.00. The van der Waals surface area contributed by atoms with Crippen molar-refractivity contribution in [1.82, 2.24) is 47.4 Å². The number of likely N-dealkylation sites (tertiary alicyclic amines) is 1. The molecule has 21 nitrogen and oxygen atoms in total. The van der Waals surface area contributed by atoms with Gasteiger partial charge in [-0.25, -0.2) is 4.79 Å². The van der Waals surface area contributed by atoms with Crippen LogP contribution in [0.15, 0.2) is 0 Å². The summed E-state index contributed by atoms with van der Waals surface area (Å²) in [5.74, 6) is -0.847. The molecule has 0 bridgehead atoms. The molecule has 22 heteroatoms. The normalized spacial score (nSPS) is 20.3. The topological polar surface area (TPSA) is 276 Å². The molecule has 3 rings (SSSR count). The molecule has 3 heterocycles. The minimum absolute atomic E-state index is 0.0219. The van der Waals surface area contributed by atoms with Crippen molar-refractivity contribution < 1.29 is 57.6 Å². The molecular weight excluding hydrogens is 819 g/mol. The number of likely N-dealkylation sites (N-methyl/N-ethyl adjacent to an activating group) is 1. The van der Waals surface area contributed by atoms with Crippen molar-refractivity contribution in [2.24, 2.45) is 5.92 Å². The van der Waals surface area contributed by atoms with Crippen LogP contribution in [0.5, 0.6) is 0 Å². The summed E-state index contributed by atoms with van der Waals surface area (Å²) >= 11 is 1.87. The Morgan fingerprint density at radius 1 is 0.803 bits per heavy atom. The first-order valence-electron chi connectivity index (χ1n) is 21.4. The van der Waals surface area contributed by atoms with Crippen molar-refractivity contribution in [3.63, 3.8) is 0 Å². The van der Waals surface area contributed by atoms with E-state index in [4.69, 9.17) is 18.9 Å². The number of carbonyl (C=O) groups is 7. The van der Waals surface area contributed by atoms with Gasteiger partial charge in [-0.2, -0.15) is 11.8 Å². The van der Waals surface area contributed by atoms with Gasteiger partial charge in [0.25, 0.3) is 0 Å². The van der Waals surface area contributed by atoms with Gasteiger partial charge in [-0.3, -0.25) is 28.8 Å². The Kier molecular flexibility index (Phi) is 24.9. The van der Waals surface area contributed by atoms with Crippen LogP contribution in [0.1, 0.15) is 58.8 Å². The molecular formula is C39H69N9O12S. The van der Waals surface area contributed by atoms with E-state index in [1.807, 2.05) is 25.6 Å². The van der Waals surface area contributed by atoms with Gasteiger partial charge >= 0.3 is 6.03 Å². The van der Waals surface area contributed by atoms with Crippen molar-refractivity contribution in [2.75, 3.05) is 105 Å². The van der Waals surface area contributed by atoms with Crippen molar-refractivity contribution in [2.45, 2.75) is 94.3 Å². The summed E-state index contributed by atoms with van der Waals surface area (Å²) < 4.78 is 21.5. The number of nitrogens with zero attached hydrogens (tertiary/aromatic N) is 1. The first-order valence-corrected chi connectivity index (χ1v) is 22.4. The van der Waals surface area contributed by atoms with Gasteiger partial charge in [-0.05, 0) is 45.1 Å². The second-order valence-corrected chi connectivity index (χ2v) is 16.7. The van der Waals surface area contributed by atoms with E-state index in [0.29, 0.717) is 50.6 Å².